The van der Waals surface area contributed by atoms with E-state index in [0.717, 1.165) is 42.9 Å². The van der Waals surface area contributed by atoms with Crippen LogP contribution in [0.5, 0.6) is 0 Å². The number of aromatic nitrogens is 1. The molecule has 0 saturated carbocycles. The quantitative estimate of drug-likeness (QED) is 0.504. The molecule has 1 fully saturated rings. The number of likely N-dealkylation sites (N-methyl/N-ethyl adjacent to an activating group) is 1. The second-order valence-electron chi connectivity index (χ2n) is 10.2. The first kappa shape index (κ1) is 28.2. The van der Waals surface area contributed by atoms with Gasteiger partial charge in [0.25, 0.3) is 0 Å². The molecule has 2 heterocycles. The highest BCUT2D eigenvalue weighted by atomic mass is 32.2. The van der Waals surface area contributed by atoms with Crippen molar-refractivity contribution in [3.63, 3.8) is 0 Å². The van der Waals surface area contributed by atoms with Crippen LogP contribution >= 0.6 is 0 Å². The molecule has 38 heavy (non-hydrogen) atoms. The number of nitrogens with zero attached hydrogens (tertiary/aromatic N) is 2. The highest BCUT2D eigenvalue weighted by Crippen LogP contribution is 2.33. The Morgan fingerprint density at radius 2 is 1.58 bits per heavy atom. The predicted octanol–water partition coefficient (Wildman–Crippen LogP) is 4.17. The molecule has 2 aliphatic rings. The Morgan fingerprint density at radius 1 is 0.947 bits per heavy atom. The lowest BCUT2D eigenvalue weighted by Gasteiger charge is -2.33. The summed E-state index contributed by atoms with van der Waals surface area (Å²) in [6.07, 6.45) is 7.20. The van der Waals surface area contributed by atoms with Crippen LogP contribution in [0.2, 0.25) is 0 Å². The SMILES string of the molecule is CC[NH+]1CCN(c2cc(-c3ccc(F)cc3)c3c(n2)CCCCCC3)CC1.Cc1ccc(S(=O)(=O)[O-])cc1. The van der Waals surface area contributed by atoms with Crippen molar-refractivity contribution in [1.82, 2.24) is 4.98 Å². The molecule has 1 aliphatic heterocycles. The van der Waals surface area contributed by atoms with Gasteiger partial charge < -0.3 is 14.4 Å². The van der Waals surface area contributed by atoms with E-state index in [1.165, 1.54) is 74.3 Å². The van der Waals surface area contributed by atoms with Gasteiger partial charge in [0.1, 0.15) is 21.8 Å². The van der Waals surface area contributed by atoms with Gasteiger partial charge in [0.05, 0.1) is 37.6 Å². The van der Waals surface area contributed by atoms with Crippen LogP contribution in [-0.4, -0.2) is 50.7 Å². The van der Waals surface area contributed by atoms with Crippen LogP contribution in [-0.2, 0) is 23.0 Å². The second-order valence-corrected chi connectivity index (χ2v) is 11.6. The fourth-order valence-corrected chi connectivity index (χ4v) is 5.67. The molecule has 1 N–H and O–H groups in total. The maximum atomic E-state index is 13.5. The van der Waals surface area contributed by atoms with Crippen LogP contribution in [0.4, 0.5) is 10.2 Å². The van der Waals surface area contributed by atoms with Gasteiger partial charge in [-0.2, -0.15) is 0 Å². The van der Waals surface area contributed by atoms with Crippen LogP contribution in [0.3, 0.4) is 0 Å². The minimum atomic E-state index is -4.27. The van der Waals surface area contributed by atoms with Gasteiger partial charge in [-0.05, 0) is 86.6 Å². The van der Waals surface area contributed by atoms with Crippen molar-refractivity contribution in [3.05, 3.63) is 77.2 Å². The van der Waals surface area contributed by atoms with E-state index in [0.29, 0.717) is 0 Å². The predicted molar refractivity (Wildman–Crippen MR) is 148 cm³/mol. The zero-order chi connectivity index (χ0) is 27.1. The van der Waals surface area contributed by atoms with Gasteiger partial charge in [-0.15, -0.1) is 0 Å². The number of anilines is 1. The Balaban J connectivity index is 0.000000257. The van der Waals surface area contributed by atoms with Crippen LogP contribution in [0, 0.1) is 12.7 Å². The lowest BCUT2D eigenvalue weighted by molar-refractivity contribution is -0.898. The van der Waals surface area contributed by atoms with Crippen molar-refractivity contribution in [2.75, 3.05) is 37.6 Å². The number of piperazine rings is 1. The maximum absolute atomic E-state index is 13.5. The van der Waals surface area contributed by atoms with E-state index >= 15 is 0 Å². The first-order valence-corrected chi connectivity index (χ1v) is 15.0. The average Bonchev–Trinajstić information content (AvgIpc) is 2.89. The average molecular weight is 540 g/mol. The van der Waals surface area contributed by atoms with Gasteiger partial charge in [0.2, 0.25) is 0 Å². The Morgan fingerprint density at radius 3 is 2.18 bits per heavy atom. The molecule has 6 nitrogen and oxygen atoms in total. The number of rotatable bonds is 4. The van der Waals surface area contributed by atoms with Gasteiger partial charge in [0, 0.05) is 5.69 Å². The lowest BCUT2D eigenvalue weighted by Crippen LogP contribution is -3.14. The van der Waals surface area contributed by atoms with Crippen molar-refractivity contribution in [3.8, 4) is 11.1 Å². The summed E-state index contributed by atoms with van der Waals surface area (Å²) in [4.78, 5) is 9.08. The molecule has 0 amide bonds. The van der Waals surface area contributed by atoms with E-state index in [1.807, 2.05) is 19.1 Å². The summed E-state index contributed by atoms with van der Waals surface area (Å²) < 4.78 is 44.6. The number of nitrogens with one attached hydrogen (secondary N) is 1. The smallest absolute Gasteiger partial charge is 0.129 e. The molecule has 1 saturated heterocycles. The zero-order valence-corrected chi connectivity index (χ0v) is 23.2. The fourth-order valence-electron chi connectivity index (χ4n) is 5.20. The highest BCUT2D eigenvalue weighted by Gasteiger charge is 2.23. The fraction of sp³-hybridized carbons (Fsp3) is 0.433. The van der Waals surface area contributed by atoms with Crippen molar-refractivity contribution in [2.45, 2.75) is 57.3 Å². The van der Waals surface area contributed by atoms with E-state index in [2.05, 4.69) is 17.9 Å². The first-order valence-electron chi connectivity index (χ1n) is 13.6. The number of quaternary nitrogens is 1. The molecule has 3 aromatic rings. The molecule has 5 rings (SSSR count). The molecule has 8 heteroatoms. The highest BCUT2D eigenvalue weighted by molar-refractivity contribution is 7.85. The molecule has 0 radical (unpaired) electrons. The first-order chi connectivity index (χ1) is 18.2. The summed E-state index contributed by atoms with van der Waals surface area (Å²) in [6.45, 7) is 9.78. The van der Waals surface area contributed by atoms with E-state index in [9.17, 15) is 17.4 Å². The molecule has 0 spiro atoms. The Kier molecular flexibility index (Phi) is 9.52. The summed E-state index contributed by atoms with van der Waals surface area (Å²) in [6, 6.07) is 15.1. The summed E-state index contributed by atoms with van der Waals surface area (Å²) in [5.41, 5.74) is 5.98. The molecule has 0 bridgehead atoms. The molecule has 204 valence electrons. The third kappa shape index (κ3) is 7.40. The van der Waals surface area contributed by atoms with Crippen molar-refractivity contribution in [2.24, 2.45) is 0 Å². The molecular formula is C30H38FN3O3S. The number of hydrogen-bond donors (Lipinski definition) is 1. The second kappa shape index (κ2) is 12.8. The zero-order valence-electron chi connectivity index (χ0n) is 22.4. The van der Waals surface area contributed by atoms with E-state index < -0.39 is 10.1 Å². The van der Waals surface area contributed by atoms with Gasteiger partial charge in [-0.3, -0.25) is 0 Å². The van der Waals surface area contributed by atoms with Gasteiger partial charge in [-0.1, -0.05) is 42.7 Å². The number of halogens is 1. The maximum Gasteiger partial charge on any atom is 0.129 e. The Labute approximate surface area is 226 Å². The molecule has 1 aromatic heterocycles. The third-order valence-corrected chi connectivity index (χ3v) is 8.40. The number of aryl methyl sites for hydroxylation is 2. The number of fused-ring (bicyclic) bond motifs is 1. The van der Waals surface area contributed by atoms with E-state index in [1.54, 1.807) is 29.2 Å². The topological polar surface area (TPSA) is 77.8 Å². The summed E-state index contributed by atoms with van der Waals surface area (Å²) in [5.74, 6) is 0.943. The lowest BCUT2D eigenvalue weighted by atomic mass is 9.90. The third-order valence-electron chi connectivity index (χ3n) is 7.55. The molecule has 2 aromatic carbocycles. The summed E-state index contributed by atoms with van der Waals surface area (Å²) >= 11 is 0. The Bertz CT molecular complexity index is 1300. The summed E-state index contributed by atoms with van der Waals surface area (Å²) in [5, 5.41) is 0. The Hall–Kier alpha value is -2.81. The number of hydrogen-bond acceptors (Lipinski definition) is 5. The van der Waals surface area contributed by atoms with Gasteiger partial charge in [0.15, 0.2) is 0 Å². The van der Waals surface area contributed by atoms with Crippen LogP contribution < -0.4 is 9.80 Å². The monoisotopic (exact) mass is 539 g/mol. The van der Waals surface area contributed by atoms with Crippen molar-refractivity contribution < 1.29 is 22.3 Å². The standard InChI is InChI=1S/C23H30FN3.C7H8O3S/c1-2-26-13-15-27(16-14-26)23-17-21(18-9-11-19(24)12-10-18)20-7-5-3-4-6-8-22(20)25-23;1-6-2-4-7(5-3-6)11(8,9)10/h9-12,17H,2-8,13-16H2,1H3;2-5H,1H3,(H,8,9,10). The molecule has 0 unspecified atom stereocenters. The summed E-state index contributed by atoms with van der Waals surface area (Å²) in [7, 11) is -4.27. The largest absolute Gasteiger partial charge is 0.744 e. The normalized spacial score (nSPS) is 16.6. The molecule has 0 atom stereocenters. The van der Waals surface area contributed by atoms with E-state index in [-0.39, 0.29) is 10.7 Å². The van der Waals surface area contributed by atoms with Crippen LogP contribution in [0.25, 0.3) is 11.1 Å². The van der Waals surface area contributed by atoms with Crippen molar-refractivity contribution >= 4 is 15.9 Å². The molecule has 1 aliphatic carbocycles. The number of pyridine rings is 1. The number of benzene rings is 2. The minimum Gasteiger partial charge on any atom is -0.744 e. The van der Waals surface area contributed by atoms with Crippen LogP contribution in [0.15, 0.2) is 59.5 Å². The minimum absolute atomic E-state index is 0.172. The van der Waals surface area contributed by atoms with E-state index in [4.69, 9.17) is 4.98 Å². The molecular weight excluding hydrogens is 501 g/mol. The van der Waals surface area contributed by atoms with Gasteiger partial charge >= 0.3 is 0 Å². The van der Waals surface area contributed by atoms with Gasteiger partial charge in [-0.25, -0.2) is 17.8 Å². The van der Waals surface area contributed by atoms with Crippen LogP contribution in [0.1, 0.15) is 49.4 Å². The van der Waals surface area contributed by atoms with Crippen molar-refractivity contribution in [1.29, 1.82) is 0 Å².